The third-order valence-electron chi connectivity index (χ3n) is 4.94. The molecule has 3 unspecified atom stereocenters. The number of aliphatic carboxylic acids is 1. The Morgan fingerprint density at radius 1 is 1.07 bits per heavy atom. The molecule has 0 spiro atoms. The molecule has 0 saturated heterocycles. The van der Waals surface area contributed by atoms with Gasteiger partial charge in [-0.25, -0.2) is 4.79 Å². The van der Waals surface area contributed by atoms with Crippen molar-refractivity contribution in [3.8, 4) is 0 Å². The quantitative estimate of drug-likeness (QED) is 0.715. The first-order valence-electron chi connectivity index (χ1n) is 9.27. The van der Waals surface area contributed by atoms with E-state index in [4.69, 9.17) is 0 Å². The smallest absolute Gasteiger partial charge is 0.330 e. The molecule has 0 heterocycles. The van der Waals surface area contributed by atoms with Crippen LogP contribution in [-0.4, -0.2) is 22.9 Å². The van der Waals surface area contributed by atoms with Crippen molar-refractivity contribution >= 4 is 23.5 Å². The van der Waals surface area contributed by atoms with Gasteiger partial charge in [-0.15, -0.1) is 0 Å². The zero-order chi connectivity index (χ0) is 20.4. The first kappa shape index (κ1) is 19.6. The predicted octanol–water partition coefficient (Wildman–Crippen LogP) is 3.45. The van der Waals surface area contributed by atoms with E-state index in [1.807, 2.05) is 26.8 Å². The minimum absolute atomic E-state index is 0.0263. The molecular weight excluding hydrogens is 356 g/mol. The molecule has 1 fully saturated rings. The van der Waals surface area contributed by atoms with E-state index >= 15 is 0 Å². The van der Waals surface area contributed by atoms with E-state index in [9.17, 15) is 19.5 Å². The molecule has 6 heteroatoms. The highest BCUT2D eigenvalue weighted by Crippen LogP contribution is 2.38. The molecule has 3 N–H and O–H groups in total. The average molecular weight is 380 g/mol. The normalized spacial score (nSPS) is 18.8. The predicted molar refractivity (Wildman–Crippen MR) is 106 cm³/mol. The molecule has 3 atom stereocenters. The zero-order valence-corrected chi connectivity index (χ0v) is 16.2. The molecule has 146 valence electrons. The van der Waals surface area contributed by atoms with Gasteiger partial charge in [0, 0.05) is 17.2 Å². The molecule has 3 rings (SSSR count). The topological polar surface area (TPSA) is 95.5 Å². The lowest BCUT2D eigenvalue weighted by molar-refractivity contribution is -0.139. The Hall–Kier alpha value is -3.15. The standard InChI is InChI=1S/C22H24N2O4/c1-12-7-13(2)9-16(8-12)19(22(27)28)24-20(25)15-5-4-6-17(11-15)23-21(26)18-10-14(18)3/h4-9,11,14,18-19H,10H2,1-3H3,(H,23,26)(H,24,25)(H,27,28). The van der Waals surface area contributed by atoms with Gasteiger partial charge >= 0.3 is 5.97 Å². The van der Waals surface area contributed by atoms with Crippen molar-refractivity contribution in [2.75, 3.05) is 5.32 Å². The second-order valence-electron chi connectivity index (χ2n) is 7.56. The van der Waals surface area contributed by atoms with E-state index in [0.29, 0.717) is 17.2 Å². The monoisotopic (exact) mass is 380 g/mol. The third-order valence-corrected chi connectivity index (χ3v) is 4.94. The van der Waals surface area contributed by atoms with Gasteiger partial charge in [0.25, 0.3) is 5.91 Å². The van der Waals surface area contributed by atoms with Gasteiger partial charge in [-0.1, -0.05) is 42.3 Å². The molecule has 2 aromatic carbocycles. The molecule has 0 radical (unpaired) electrons. The van der Waals surface area contributed by atoms with Crippen LogP contribution in [0.25, 0.3) is 0 Å². The number of carboxylic acid groups (broad SMARTS) is 1. The Balaban J connectivity index is 1.76. The maximum Gasteiger partial charge on any atom is 0.330 e. The number of carbonyl (C=O) groups excluding carboxylic acids is 2. The molecule has 0 aromatic heterocycles. The van der Waals surface area contributed by atoms with Crippen LogP contribution in [0, 0.1) is 25.7 Å². The molecule has 2 amide bonds. The number of nitrogens with one attached hydrogen (secondary N) is 2. The maximum atomic E-state index is 12.7. The van der Waals surface area contributed by atoms with Crippen LogP contribution < -0.4 is 10.6 Å². The highest BCUT2D eigenvalue weighted by atomic mass is 16.4. The van der Waals surface area contributed by atoms with Crippen molar-refractivity contribution in [2.45, 2.75) is 33.2 Å². The van der Waals surface area contributed by atoms with Gasteiger partial charge in [0.15, 0.2) is 6.04 Å². The highest BCUT2D eigenvalue weighted by Gasteiger charge is 2.39. The molecule has 28 heavy (non-hydrogen) atoms. The average Bonchev–Trinajstić information content (AvgIpc) is 3.35. The molecular formula is C22H24N2O4. The number of carbonyl (C=O) groups is 3. The van der Waals surface area contributed by atoms with Crippen LogP contribution in [0.4, 0.5) is 5.69 Å². The van der Waals surface area contributed by atoms with Crippen molar-refractivity contribution in [1.82, 2.24) is 5.32 Å². The molecule has 1 aliphatic carbocycles. The van der Waals surface area contributed by atoms with Crippen LogP contribution in [0.5, 0.6) is 0 Å². The summed E-state index contributed by atoms with van der Waals surface area (Å²) in [7, 11) is 0. The van der Waals surface area contributed by atoms with Gasteiger partial charge in [-0.3, -0.25) is 9.59 Å². The molecule has 0 aliphatic heterocycles. The number of carboxylic acids is 1. The Morgan fingerprint density at radius 2 is 1.71 bits per heavy atom. The third kappa shape index (κ3) is 4.57. The van der Waals surface area contributed by atoms with Crippen molar-refractivity contribution in [3.63, 3.8) is 0 Å². The summed E-state index contributed by atoms with van der Waals surface area (Å²) in [6.45, 7) is 5.78. The molecule has 1 aliphatic rings. The lowest BCUT2D eigenvalue weighted by Crippen LogP contribution is -2.34. The highest BCUT2D eigenvalue weighted by molar-refractivity contribution is 5.99. The van der Waals surface area contributed by atoms with Crippen LogP contribution in [-0.2, 0) is 9.59 Å². The SMILES string of the molecule is Cc1cc(C)cc(C(NC(=O)c2cccc(NC(=O)C3CC3C)c2)C(=O)O)c1. The molecule has 6 nitrogen and oxygen atoms in total. The Labute approximate surface area is 164 Å². The number of anilines is 1. The van der Waals surface area contributed by atoms with Gasteiger partial charge in [0.2, 0.25) is 5.91 Å². The van der Waals surface area contributed by atoms with E-state index in [1.54, 1.807) is 36.4 Å². The first-order chi connectivity index (χ1) is 13.2. The van der Waals surface area contributed by atoms with Crippen LogP contribution in [0.15, 0.2) is 42.5 Å². The van der Waals surface area contributed by atoms with Gasteiger partial charge in [0.1, 0.15) is 0 Å². The van der Waals surface area contributed by atoms with E-state index in [0.717, 1.165) is 17.5 Å². The van der Waals surface area contributed by atoms with Crippen molar-refractivity contribution < 1.29 is 19.5 Å². The summed E-state index contributed by atoms with van der Waals surface area (Å²) < 4.78 is 0. The van der Waals surface area contributed by atoms with Crippen LogP contribution >= 0.6 is 0 Å². The van der Waals surface area contributed by atoms with Gasteiger partial charge < -0.3 is 15.7 Å². The number of hydrogen-bond acceptors (Lipinski definition) is 3. The van der Waals surface area contributed by atoms with E-state index in [1.165, 1.54) is 0 Å². The Kier molecular flexibility index (Phi) is 5.49. The fraction of sp³-hybridized carbons (Fsp3) is 0.318. The summed E-state index contributed by atoms with van der Waals surface area (Å²) >= 11 is 0. The molecule has 2 aromatic rings. The summed E-state index contributed by atoms with van der Waals surface area (Å²) in [5, 5.41) is 15.0. The summed E-state index contributed by atoms with van der Waals surface area (Å²) in [5.74, 6) is -1.28. The van der Waals surface area contributed by atoms with Crippen molar-refractivity contribution in [1.29, 1.82) is 0 Å². The number of hydrogen-bond donors (Lipinski definition) is 3. The van der Waals surface area contributed by atoms with Crippen LogP contribution in [0.3, 0.4) is 0 Å². The van der Waals surface area contributed by atoms with E-state index < -0.39 is 17.9 Å². The maximum absolute atomic E-state index is 12.7. The van der Waals surface area contributed by atoms with Gasteiger partial charge in [-0.2, -0.15) is 0 Å². The summed E-state index contributed by atoms with van der Waals surface area (Å²) in [4.78, 5) is 36.5. The van der Waals surface area contributed by atoms with Gasteiger partial charge in [-0.05, 0) is 49.9 Å². The summed E-state index contributed by atoms with van der Waals surface area (Å²) in [5.41, 5.74) is 3.18. The first-order valence-corrected chi connectivity index (χ1v) is 9.27. The van der Waals surface area contributed by atoms with Crippen molar-refractivity contribution in [3.05, 3.63) is 64.7 Å². The summed E-state index contributed by atoms with van der Waals surface area (Å²) in [6, 6.07) is 10.8. The fourth-order valence-electron chi connectivity index (χ4n) is 3.34. The minimum atomic E-state index is -1.16. The fourth-order valence-corrected chi connectivity index (χ4v) is 3.34. The number of amides is 2. The number of aryl methyl sites for hydroxylation is 2. The van der Waals surface area contributed by atoms with E-state index in [2.05, 4.69) is 10.6 Å². The molecule has 0 bridgehead atoms. The minimum Gasteiger partial charge on any atom is -0.479 e. The lowest BCUT2D eigenvalue weighted by atomic mass is 10.0. The Bertz CT molecular complexity index is 918. The Morgan fingerprint density at radius 3 is 2.29 bits per heavy atom. The largest absolute Gasteiger partial charge is 0.479 e. The lowest BCUT2D eigenvalue weighted by Gasteiger charge is -2.17. The van der Waals surface area contributed by atoms with Gasteiger partial charge in [0.05, 0.1) is 0 Å². The second-order valence-corrected chi connectivity index (χ2v) is 7.56. The number of benzene rings is 2. The number of rotatable bonds is 6. The van der Waals surface area contributed by atoms with Crippen molar-refractivity contribution in [2.24, 2.45) is 11.8 Å². The zero-order valence-electron chi connectivity index (χ0n) is 16.2. The molecule has 1 saturated carbocycles. The summed E-state index contributed by atoms with van der Waals surface area (Å²) in [6.07, 6.45) is 0.877. The second kappa shape index (κ2) is 7.84. The van der Waals surface area contributed by atoms with Crippen LogP contribution in [0.1, 0.15) is 46.4 Å². The van der Waals surface area contributed by atoms with E-state index in [-0.39, 0.29) is 17.4 Å². The van der Waals surface area contributed by atoms with Crippen LogP contribution in [0.2, 0.25) is 0 Å².